The summed E-state index contributed by atoms with van der Waals surface area (Å²) < 4.78 is 5.78. The Morgan fingerprint density at radius 3 is 2.85 bits per heavy atom. The van der Waals surface area contributed by atoms with Crippen molar-refractivity contribution in [3.8, 4) is 0 Å². The largest absolute Gasteiger partial charge is 0.371 e. The molecule has 13 heavy (non-hydrogen) atoms. The molecule has 0 aromatic rings. The van der Waals surface area contributed by atoms with Gasteiger partial charge in [-0.1, -0.05) is 0 Å². The van der Waals surface area contributed by atoms with Crippen molar-refractivity contribution in [1.29, 1.82) is 0 Å². The lowest BCUT2D eigenvalue weighted by Gasteiger charge is -2.40. The van der Waals surface area contributed by atoms with E-state index in [1.54, 1.807) is 0 Å². The minimum atomic E-state index is 0.355. The first kappa shape index (κ1) is 9.40. The van der Waals surface area contributed by atoms with Gasteiger partial charge < -0.3 is 15.8 Å². The second-order valence-corrected chi connectivity index (χ2v) is 4.21. The van der Waals surface area contributed by atoms with Gasteiger partial charge in [-0.3, -0.25) is 4.90 Å². The Morgan fingerprint density at radius 1 is 1.46 bits per heavy atom. The van der Waals surface area contributed by atoms with Gasteiger partial charge in [0.2, 0.25) is 0 Å². The zero-order chi connectivity index (χ0) is 9.26. The quantitative estimate of drug-likeness (QED) is 0.580. The van der Waals surface area contributed by atoms with Crippen LogP contribution in [0.5, 0.6) is 0 Å². The number of nitrogens with two attached hydrogens (primary N) is 1. The van der Waals surface area contributed by atoms with Gasteiger partial charge in [0.05, 0.1) is 12.2 Å². The fourth-order valence-electron chi connectivity index (χ4n) is 2.03. The van der Waals surface area contributed by atoms with E-state index in [1.165, 1.54) is 0 Å². The van der Waals surface area contributed by atoms with E-state index in [0.29, 0.717) is 18.2 Å². The molecule has 0 amide bonds. The van der Waals surface area contributed by atoms with E-state index in [1.807, 2.05) is 0 Å². The lowest BCUT2D eigenvalue weighted by Crippen LogP contribution is -2.59. The highest BCUT2D eigenvalue weighted by Crippen LogP contribution is 2.10. The Hall–Kier alpha value is -0.160. The van der Waals surface area contributed by atoms with Gasteiger partial charge in [-0.15, -0.1) is 0 Å². The van der Waals surface area contributed by atoms with Crippen molar-refractivity contribution < 1.29 is 4.74 Å². The fraction of sp³-hybridized carbons (Fsp3) is 1.00. The van der Waals surface area contributed by atoms with Crippen LogP contribution in [0.15, 0.2) is 0 Å². The molecule has 2 saturated heterocycles. The Kier molecular flexibility index (Phi) is 2.83. The predicted octanol–water partition coefficient (Wildman–Crippen LogP) is -0.994. The van der Waals surface area contributed by atoms with Crippen LogP contribution in [0.3, 0.4) is 0 Å². The van der Waals surface area contributed by atoms with Crippen LogP contribution in [0.1, 0.15) is 6.92 Å². The molecule has 2 fully saturated rings. The molecule has 0 aliphatic carbocycles. The average molecular weight is 185 g/mol. The number of hydrogen-bond acceptors (Lipinski definition) is 4. The highest BCUT2D eigenvalue weighted by Gasteiger charge is 2.27. The molecule has 2 rings (SSSR count). The van der Waals surface area contributed by atoms with Crippen molar-refractivity contribution >= 4 is 0 Å². The zero-order valence-electron chi connectivity index (χ0n) is 8.20. The molecule has 0 saturated carbocycles. The minimum absolute atomic E-state index is 0.355. The van der Waals surface area contributed by atoms with Gasteiger partial charge in [0.1, 0.15) is 0 Å². The molecule has 4 nitrogen and oxygen atoms in total. The van der Waals surface area contributed by atoms with Crippen LogP contribution in [0.4, 0.5) is 0 Å². The van der Waals surface area contributed by atoms with Gasteiger partial charge in [-0.2, -0.15) is 0 Å². The number of ether oxygens (including phenoxy) is 1. The van der Waals surface area contributed by atoms with E-state index < -0.39 is 0 Å². The molecule has 76 valence electrons. The molecule has 0 aromatic carbocycles. The molecule has 2 aliphatic heterocycles. The molecule has 0 unspecified atom stereocenters. The standard InChI is InChI=1S/C9H19N3O/c1-7-2-11-3-9(13-7)6-12-4-8(10)5-12/h7-9,11H,2-6,10H2,1H3/t7-,9+/m1/s1. The van der Waals surface area contributed by atoms with Crippen LogP contribution < -0.4 is 11.1 Å². The van der Waals surface area contributed by atoms with Crippen molar-refractivity contribution in [3.05, 3.63) is 0 Å². The Bertz CT molecular complexity index is 170. The summed E-state index contributed by atoms with van der Waals surface area (Å²) in [4.78, 5) is 2.36. The first-order valence-corrected chi connectivity index (χ1v) is 5.08. The molecule has 0 bridgehead atoms. The van der Waals surface area contributed by atoms with Gasteiger partial charge in [0.15, 0.2) is 0 Å². The normalized spacial score (nSPS) is 37.4. The molecular weight excluding hydrogens is 166 g/mol. The van der Waals surface area contributed by atoms with Crippen LogP contribution in [-0.4, -0.2) is 55.9 Å². The number of hydrogen-bond donors (Lipinski definition) is 2. The van der Waals surface area contributed by atoms with Crippen LogP contribution in [0.25, 0.3) is 0 Å². The molecule has 0 radical (unpaired) electrons. The molecular formula is C9H19N3O. The van der Waals surface area contributed by atoms with Gasteiger partial charge in [-0.25, -0.2) is 0 Å². The lowest BCUT2D eigenvalue weighted by atomic mass is 10.1. The highest BCUT2D eigenvalue weighted by atomic mass is 16.5. The molecule has 0 aromatic heterocycles. The topological polar surface area (TPSA) is 50.5 Å². The lowest BCUT2D eigenvalue weighted by molar-refractivity contribution is -0.0521. The summed E-state index contributed by atoms with van der Waals surface area (Å²) in [6.07, 6.45) is 0.713. The van der Waals surface area contributed by atoms with E-state index in [2.05, 4.69) is 17.1 Å². The fourth-order valence-corrected chi connectivity index (χ4v) is 2.03. The molecule has 0 spiro atoms. The van der Waals surface area contributed by atoms with Crippen molar-refractivity contribution in [3.63, 3.8) is 0 Å². The highest BCUT2D eigenvalue weighted by molar-refractivity contribution is 4.85. The summed E-state index contributed by atoms with van der Waals surface area (Å²) in [6.45, 7) is 7.18. The Balaban J connectivity index is 1.69. The Morgan fingerprint density at radius 2 is 2.23 bits per heavy atom. The van der Waals surface area contributed by atoms with E-state index in [0.717, 1.165) is 32.7 Å². The van der Waals surface area contributed by atoms with Gasteiger partial charge in [0, 0.05) is 38.8 Å². The maximum Gasteiger partial charge on any atom is 0.0830 e. The summed E-state index contributed by atoms with van der Waals surface area (Å²) in [5.74, 6) is 0. The first-order valence-electron chi connectivity index (χ1n) is 5.08. The molecule has 2 heterocycles. The third kappa shape index (κ3) is 2.40. The summed E-state index contributed by atoms with van der Waals surface area (Å²) >= 11 is 0. The zero-order valence-corrected chi connectivity index (χ0v) is 8.20. The monoisotopic (exact) mass is 185 g/mol. The number of rotatable bonds is 2. The van der Waals surface area contributed by atoms with Crippen LogP contribution in [-0.2, 0) is 4.74 Å². The SMILES string of the molecule is C[C@@H]1CNC[C@@H](CN2CC(N)C2)O1. The van der Waals surface area contributed by atoms with Crippen molar-refractivity contribution in [2.75, 3.05) is 32.7 Å². The van der Waals surface area contributed by atoms with Gasteiger partial charge >= 0.3 is 0 Å². The second kappa shape index (κ2) is 3.92. The third-order valence-electron chi connectivity index (χ3n) is 2.68. The summed E-state index contributed by atoms with van der Waals surface area (Å²) in [7, 11) is 0. The number of nitrogens with one attached hydrogen (secondary N) is 1. The van der Waals surface area contributed by atoms with E-state index >= 15 is 0 Å². The molecule has 2 atom stereocenters. The third-order valence-corrected chi connectivity index (χ3v) is 2.68. The van der Waals surface area contributed by atoms with Crippen LogP contribution in [0, 0.1) is 0 Å². The van der Waals surface area contributed by atoms with Crippen molar-refractivity contribution in [2.24, 2.45) is 5.73 Å². The van der Waals surface area contributed by atoms with Crippen molar-refractivity contribution in [1.82, 2.24) is 10.2 Å². The minimum Gasteiger partial charge on any atom is -0.371 e. The van der Waals surface area contributed by atoms with E-state index in [9.17, 15) is 0 Å². The van der Waals surface area contributed by atoms with Gasteiger partial charge in [0.25, 0.3) is 0 Å². The average Bonchev–Trinajstić information content (AvgIpc) is 2.01. The molecule has 4 heteroatoms. The summed E-state index contributed by atoms with van der Waals surface area (Å²) in [6, 6.07) is 0.397. The molecule has 3 N–H and O–H groups in total. The van der Waals surface area contributed by atoms with Crippen LogP contribution in [0.2, 0.25) is 0 Å². The summed E-state index contributed by atoms with van der Waals surface area (Å²) in [5, 5.41) is 3.37. The summed E-state index contributed by atoms with van der Waals surface area (Å²) in [5.41, 5.74) is 5.70. The number of likely N-dealkylation sites (tertiary alicyclic amines) is 1. The number of nitrogens with zero attached hydrogens (tertiary/aromatic N) is 1. The van der Waals surface area contributed by atoms with Crippen molar-refractivity contribution in [2.45, 2.75) is 25.2 Å². The van der Waals surface area contributed by atoms with Gasteiger partial charge in [-0.05, 0) is 6.92 Å². The molecule has 2 aliphatic rings. The predicted molar refractivity (Wildman–Crippen MR) is 51.6 cm³/mol. The Labute approximate surface area is 79.4 Å². The second-order valence-electron chi connectivity index (χ2n) is 4.21. The van der Waals surface area contributed by atoms with E-state index in [4.69, 9.17) is 10.5 Å². The maximum atomic E-state index is 5.78. The van der Waals surface area contributed by atoms with E-state index in [-0.39, 0.29) is 0 Å². The van der Waals surface area contributed by atoms with Crippen LogP contribution >= 0.6 is 0 Å². The first-order chi connectivity index (χ1) is 6.24. The maximum absolute atomic E-state index is 5.78. The number of morpholine rings is 1. The smallest absolute Gasteiger partial charge is 0.0830 e.